The van der Waals surface area contributed by atoms with Crippen molar-refractivity contribution >= 4 is 17.5 Å². The summed E-state index contributed by atoms with van der Waals surface area (Å²) in [6.45, 7) is 1.09. The molecule has 32 heavy (non-hydrogen) atoms. The van der Waals surface area contributed by atoms with Crippen LogP contribution in [-0.4, -0.2) is 44.0 Å². The lowest BCUT2D eigenvalue weighted by Crippen LogP contribution is -2.48. The second kappa shape index (κ2) is 10.1. The largest absolute Gasteiger partial charge is 0.493 e. The van der Waals surface area contributed by atoms with E-state index in [2.05, 4.69) is 5.32 Å². The van der Waals surface area contributed by atoms with Crippen LogP contribution in [0.15, 0.2) is 48.5 Å². The number of hydrogen-bond donors (Lipinski definition) is 1. The van der Waals surface area contributed by atoms with Gasteiger partial charge in [-0.05, 0) is 49.1 Å². The Morgan fingerprint density at radius 3 is 2.31 bits per heavy atom. The topological polar surface area (TPSA) is 67.9 Å². The lowest BCUT2D eigenvalue weighted by Gasteiger charge is -2.38. The third kappa shape index (κ3) is 4.90. The van der Waals surface area contributed by atoms with Crippen LogP contribution in [0.3, 0.4) is 0 Å². The van der Waals surface area contributed by atoms with Crippen molar-refractivity contribution in [1.82, 2.24) is 4.90 Å². The monoisotopic (exact) mass is 436 g/mol. The number of benzene rings is 2. The molecule has 4 rings (SSSR count). The van der Waals surface area contributed by atoms with Crippen molar-refractivity contribution in [1.29, 1.82) is 0 Å². The second-order valence-electron chi connectivity index (χ2n) is 8.82. The summed E-state index contributed by atoms with van der Waals surface area (Å²) in [7, 11) is 3.23. The average Bonchev–Trinajstić information content (AvgIpc) is 3.38. The minimum Gasteiger partial charge on any atom is -0.493 e. The summed E-state index contributed by atoms with van der Waals surface area (Å²) in [6, 6.07) is 15.4. The predicted molar refractivity (Wildman–Crippen MR) is 124 cm³/mol. The van der Waals surface area contributed by atoms with E-state index in [4.69, 9.17) is 9.47 Å². The lowest BCUT2D eigenvalue weighted by atomic mass is 9.83. The Bertz CT molecular complexity index is 940. The van der Waals surface area contributed by atoms with Crippen LogP contribution in [0, 0.1) is 11.8 Å². The molecule has 0 bridgehead atoms. The highest BCUT2D eigenvalue weighted by Crippen LogP contribution is 2.37. The SMILES string of the molecule is COc1ccc(C2CC(C(=O)Nc3ccccc3)CN(C(=O)C3CCCC3)C2)cc1OC. The van der Waals surface area contributed by atoms with Crippen molar-refractivity contribution in [2.24, 2.45) is 11.8 Å². The quantitative estimate of drug-likeness (QED) is 0.726. The summed E-state index contributed by atoms with van der Waals surface area (Å²) in [5, 5.41) is 3.03. The molecule has 2 unspecified atom stereocenters. The Balaban J connectivity index is 1.57. The number of methoxy groups -OCH3 is 2. The van der Waals surface area contributed by atoms with Crippen LogP contribution >= 0.6 is 0 Å². The standard InChI is InChI=1S/C26H32N2O4/c1-31-23-13-12-19(15-24(23)32-2)20-14-21(25(29)27-22-10-4-3-5-11-22)17-28(16-20)26(30)18-8-6-7-9-18/h3-5,10-13,15,18,20-21H,6-9,14,16-17H2,1-2H3,(H,27,29). The van der Waals surface area contributed by atoms with Crippen LogP contribution in [0.2, 0.25) is 0 Å². The molecule has 0 spiro atoms. The lowest BCUT2D eigenvalue weighted by molar-refractivity contribution is -0.138. The van der Waals surface area contributed by atoms with Gasteiger partial charge in [-0.15, -0.1) is 0 Å². The van der Waals surface area contributed by atoms with Gasteiger partial charge in [0.2, 0.25) is 11.8 Å². The molecule has 2 aromatic rings. The molecule has 0 aromatic heterocycles. The highest BCUT2D eigenvalue weighted by Gasteiger charge is 2.37. The third-order valence-electron chi connectivity index (χ3n) is 6.76. The molecule has 1 N–H and O–H groups in total. The fourth-order valence-electron chi connectivity index (χ4n) is 5.01. The van der Waals surface area contributed by atoms with Gasteiger partial charge in [-0.2, -0.15) is 0 Å². The van der Waals surface area contributed by atoms with Crippen molar-refractivity contribution in [3.8, 4) is 11.5 Å². The van der Waals surface area contributed by atoms with Crippen LogP contribution in [0.4, 0.5) is 5.69 Å². The summed E-state index contributed by atoms with van der Waals surface area (Å²) < 4.78 is 10.9. The number of carbonyl (C=O) groups excluding carboxylic acids is 2. The van der Waals surface area contributed by atoms with Gasteiger partial charge in [0.1, 0.15) is 0 Å². The van der Waals surface area contributed by atoms with Gasteiger partial charge < -0.3 is 19.7 Å². The molecule has 2 fully saturated rings. The van der Waals surface area contributed by atoms with Gasteiger partial charge in [0.15, 0.2) is 11.5 Å². The highest BCUT2D eigenvalue weighted by molar-refractivity contribution is 5.93. The van der Waals surface area contributed by atoms with E-state index in [0.29, 0.717) is 31.0 Å². The maximum absolute atomic E-state index is 13.3. The number of hydrogen-bond acceptors (Lipinski definition) is 4. The summed E-state index contributed by atoms with van der Waals surface area (Å²) >= 11 is 0. The Hall–Kier alpha value is -3.02. The molecule has 170 valence electrons. The second-order valence-corrected chi connectivity index (χ2v) is 8.82. The number of anilines is 1. The molecule has 6 nitrogen and oxygen atoms in total. The number of ether oxygens (including phenoxy) is 2. The molecule has 0 radical (unpaired) electrons. The zero-order valence-corrected chi connectivity index (χ0v) is 18.9. The van der Waals surface area contributed by atoms with Gasteiger partial charge >= 0.3 is 0 Å². The predicted octanol–water partition coefficient (Wildman–Crippen LogP) is 4.46. The Kier molecular flexibility index (Phi) is 6.98. The van der Waals surface area contributed by atoms with Crippen molar-refractivity contribution in [2.45, 2.75) is 38.0 Å². The van der Waals surface area contributed by atoms with E-state index >= 15 is 0 Å². The van der Waals surface area contributed by atoms with Gasteiger partial charge in [-0.25, -0.2) is 0 Å². The normalized spacial score (nSPS) is 21.2. The van der Waals surface area contributed by atoms with E-state index in [9.17, 15) is 9.59 Å². The zero-order valence-electron chi connectivity index (χ0n) is 18.9. The molecule has 1 heterocycles. The fraction of sp³-hybridized carbons (Fsp3) is 0.462. The molecule has 1 saturated carbocycles. The summed E-state index contributed by atoms with van der Waals surface area (Å²) in [5.41, 5.74) is 1.84. The van der Waals surface area contributed by atoms with Crippen LogP contribution < -0.4 is 14.8 Å². The molecule has 1 aliphatic heterocycles. The van der Waals surface area contributed by atoms with Crippen LogP contribution in [-0.2, 0) is 9.59 Å². The van der Waals surface area contributed by atoms with Gasteiger partial charge in [0, 0.05) is 30.6 Å². The molecule has 2 amide bonds. The third-order valence-corrected chi connectivity index (χ3v) is 6.76. The number of piperidine rings is 1. The summed E-state index contributed by atoms with van der Waals surface area (Å²) in [5.74, 6) is 1.37. The molecule has 2 atom stereocenters. The van der Waals surface area contributed by atoms with Crippen LogP contribution in [0.1, 0.15) is 43.6 Å². The van der Waals surface area contributed by atoms with Crippen LogP contribution in [0.25, 0.3) is 0 Å². The van der Waals surface area contributed by atoms with E-state index in [-0.39, 0.29) is 29.6 Å². The minimum atomic E-state index is -0.271. The van der Waals surface area contributed by atoms with Crippen LogP contribution in [0.5, 0.6) is 11.5 Å². The Morgan fingerprint density at radius 1 is 0.906 bits per heavy atom. The van der Waals surface area contributed by atoms with E-state index in [1.807, 2.05) is 53.4 Å². The van der Waals surface area contributed by atoms with Crippen molar-refractivity contribution in [2.75, 3.05) is 32.6 Å². The maximum atomic E-state index is 13.3. The molecular formula is C26H32N2O4. The maximum Gasteiger partial charge on any atom is 0.229 e. The Labute approximate surface area is 189 Å². The number of rotatable bonds is 6. The zero-order chi connectivity index (χ0) is 22.5. The molecule has 1 aliphatic carbocycles. The van der Waals surface area contributed by atoms with E-state index in [0.717, 1.165) is 36.9 Å². The average molecular weight is 437 g/mol. The number of likely N-dealkylation sites (tertiary alicyclic amines) is 1. The molecule has 2 aliphatic rings. The fourth-order valence-corrected chi connectivity index (χ4v) is 5.01. The first-order chi connectivity index (χ1) is 15.6. The number of para-hydroxylation sites is 1. The first-order valence-corrected chi connectivity index (χ1v) is 11.5. The highest BCUT2D eigenvalue weighted by atomic mass is 16.5. The molecule has 2 aromatic carbocycles. The number of amides is 2. The number of nitrogens with one attached hydrogen (secondary N) is 1. The summed E-state index contributed by atoms with van der Waals surface area (Å²) in [4.78, 5) is 28.4. The first kappa shape index (κ1) is 22.2. The van der Waals surface area contributed by atoms with E-state index < -0.39 is 0 Å². The van der Waals surface area contributed by atoms with Gasteiger partial charge in [-0.3, -0.25) is 9.59 Å². The van der Waals surface area contributed by atoms with Crippen molar-refractivity contribution < 1.29 is 19.1 Å². The minimum absolute atomic E-state index is 0.0365. The van der Waals surface area contributed by atoms with Gasteiger partial charge in [0.05, 0.1) is 20.1 Å². The molecular weight excluding hydrogens is 404 g/mol. The smallest absolute Gasteiger partial charge is 0.229 e. The van der Waals surface area contributed by atoms with Crippen molar-refractivity contribution in [3.05, 3.63) is 54.1 Å². The molecule has 6 heteroatoms. The van der Waals surface area contributed by atoms with E-state index in [1.165, 1.54) is 0 Å². The van der Waals surface area contributed by atoms with Crippen molar-refractivity contribution in [3.63, 3.8) is 0 Å². The summed E-state index contributed by atoms with van der Waals surface area (Å²) in [6.07, 6.45) is 4.82. The molecule has 1 saturated heterocycles. The Morgan fingerprint density at radius 2 is 1.62 bits per heavy atom. The van der Waals surface area contributed by atoms with E-state index in [1.54, 1.807) is 14.2 Å². The first-order valence-electron chi connectivity index (χ1n) is 11.5. The number of nitrogens with zero attached hydrogens (tertiary/aromatic N) is 1. The number of carbonyl (C=O) groups is 2. The van der Waals surface area contributed by atoms with Gasteiger partial charge in [0.25, 0.3) is 0 Å². The van der Waals surface area contributed by atoms with Gasteiger partial charge in [-0.1, -0.05) is 37.1 Å².